The van der Waals surface area contributed by atoms with Gasteiger partial charge in [0.15, 0.2) is 0 Å². The minimum atomic E-state index is -3.81. The molecule has 2 aromatic rings. The molecule has 0 atom stereocenters. The molecule has 1 saturated heterocycles. The quantitative estimate of drug-likeness (QED) is 0.589. The first-order valence-corrected chi connectivity index (χ1v) is 13.3. The summed E-state index contributed by atoms with van der Waals surface area (Å²) in [5, 5.41) is 0. The van der Waals surface area contributed by atoms with Crippen molar-refractivity contribution in [3.63, 3.8) is 0 Å². The van der Waals surface area contributed by atoms with E-state index < -0.39 is 10.0 Å². The first-order chi connectivity index (χ1) is 15.7. The van der Waals surface area contributed by atoms with Crippen molar-refractivity contribution < 1.29 is 18.0 Å². The number of hydrogen-bond acceptors (Lipinski definition) is 4. The Balaban J connectivity index is 1.48. The van der Waals surface area contributed by atoms with Crippen molar-refractivity contribution in [2.45, 2.75) is 37.6 Å². The maximum Gasteiger partial charge on any atom is 0.245 e. The lowest BCUT2D eigenvalue weighted by Gasteiger charge is -2.33. The summed E-state index contributed by atoms with van der Waals surface area (Å²) in [5.74, 6) is -0.326. The predicted octanol–water partition coefficient (Wildman–Crippen LogP) is 3.42. The van der Waals surface area contributed by atoms with Crippen LogP contribution in [-0.2, 0) is 32.6 Å². The number of halogens is 1. The molecule has 0 saturated carbocycles. The fourth-order valence-electron chi connectivity index (χ4n) is 4.71. The molecule has 0 unspecified atom stereocenters. The lowest BCUT2D eigenvalue weighted by molar-refractivity contribution is -0.136. The van der Waals surface area contributed by atoms with E-state index in [-0.39, 0.29) is 35.7 Å². The summed E-state index contributed by atoms with van der Waals surface area (Å²) < 4.78 is 29.3. The van der Waals surface area contributed by atoms with E-state index >= 15 is 0 Å². The molecule has 0 radical (unpaired) electrons. The average molecular weight is 534 g/mol. The number of piperidine rings is 1. The zero-order chi connectivity index (χ0) is 23.8. The second kappa shape index (κ2) is 9.56. The number of carbonyl (C=O) groups excluding carboxylic acids is 2. The third-order valence-electron chi connectivity index (χ3n) is 6.43. The average Bonchev–Trinajstić information content (AvgIpc) is 3.22. The van der Waals surface area contributed by atoms with Gasteiger partial charge in [0.2, 0.25) is 21.8 Å². The Bertz CT molecular complexity index is 1160. The van der Waals surface area contributed by atoms with Gasteiger partial charge in [0, 0.05) is 50.5 Å². The highest BCUT2D eigenvalue weighted by atomic mass is 79.9. The standard InChI is InChI=1S/C24H28BrN3O4S/c1-17(29)28-13-10-20-14-21(25)15-22(23(20)28)33(31,32)27-11-8-19(9-12-27)24(30)26(2)16-18-6-4-3-5-7-18/h3-7,14-15,19H,8-13,16H2,1-2H3. The van der Waals surface area contributed by atoms with Gasteiger partial charge >= 0.3 is 0 Å². The van der Waals surface area contributed by atoms with Crippen LogP contribution in [-0.4, -0.2) is 56.1 Å². The van der Waals surface area contributed by atoms with Crippen LogP contribution in [0, 0.1) is 5.92 Å². The van der Waals surface area contributed by atoms with Crippen LogP contribution in [0.3, 0.4) is 0 Å². The predicted molar refractivity (Wildman–Crippen MR) is 130 cm³/mol. The van der Waals surface area contributed by atoms with Crippen molar-refractivity contribution in [2.24, 2.45) is 5.92 Å². The highest BCUT2D eigenvalue weighted by Gasteiger charge is 2.37. The molecule has 2 aliphatic heterocycles. The van der Waals surface area contributed by atoms with E-state index in [9.17, 15) is 18.0 Å². The summed E-state index contributed by atoms with van der Waals surface area (Å²) in [6.45, 7) is 3.02. The van der Waals surface area contributed by atoms with Crippen LogP contribution in [0.5, 0.6) is 0 Å². The van der Waals surface area contributed by atoms with Crippen LogP contribution in [0.2, 0.25) is 0 Å². The largest absolute Gasteiger partial charge is 0.341 e. The van der Waals surface area contributed by atoms with Crippen molar-refractivity contribution in [1.29, 1.82) is 0 Å². The molecule has 7 nitrogen and oxygen atoms in total. The summed E-state index contributed by atoms with van der Waals surface area (Å²) in [5.41, 5.74) is 2.41. The topological polar surface area (TPSA) is 78.0 Å². The summed E-state index contributed by atoms with van der Waals surface area (Å²) in [4.78, 5) is 28.5. The number of fused-ring (bicyclic) bond motifs is 1. The van der Waals surface area contributed by atoms with E-state index in [1.165, 1.54) is 11.2 Å². The molecule has 176 valence electrons. The minimum absolute atomic E-state index is 0.0435. The van der Waals surface area contributed by atoms with Crippen molar-refractivity contribution in [1.82, 2.24) is 9.21 Å². The molecule has 2 aromatic carbocycles. The van der Waals surface area contributed by atoms with Gasteiger partial charge in [-0.2, -0.15) is 4.31 Å². The number of hydrogen-bond donors (Lipinski definition) is 0. The van der Waals surface area contributed by atoms with E-state index in [1.54, 1.807) is 22.9 Å². The van der Waals surface area contributed by atoms with Crippen molar-refractivity contribution in [3.05, 3.63) is 58.1 Å². The van der Waals surface area contributed by atoms with Crippen molar-refractivity contribution in [2.75, 3.05) is 31.6 Å². The Hall–Kier alpha value is -2.23. The number of rotatable bonds is 5. The molecule has 2 heterocycles. The highest BCUT2D eigenvalue weighted by Crippen LogP contribution is 2.39. The Morgan fingerprint density at radius 2 is 1.76 bits per heavy atom. The summed E-state index contributed by atoms with van der Waals surface area (Å²) in [7, 11) is -2.02. The van der Waals surface area contributed by atoms with Gasteiger partial charge in [-0.25, -0.2) is 8.42 Å². The number of carbonyl (C=O) groups is 2. The SMILES string of the molecule is CC(=O)N1CCc2cc(Br)cc(S(=O)(=O)N3CCC(C(=O)N(C)Cc4ccccc4)CC3)c21. The third kappa shape index (κ3) is 4.85. The van der Waals surface area contributed by atoms with Crippen LogP contribution in [0.15, 0.2) is 51.8 Å². The minimum Gasteiger partial charge on any atom is -0.341 e. The first-order valence-electron chi connectivity index (χ1n) is 11.1. The smallest absolute Gasteiger partial charge is 0.245 e. The molecule has 2 aliphatic rings. The number of sulfonamides is 1. The normalized spacial score (nSPS) is 17.1. The van der Waals surface area contributed by atoms with Crippen LogP contribution in [0.4, 0.5) is 5.69 Å². The zero-order valence-corrected chi connectivity index (χ0v) is 21.2. The Labute approximate surface area is 203 Å². The maximum absolute atomic E-state index is 13.6. The monoisotopic (exact) mass is 533 g/mol. The molecular weight excluding hydrogens is 506 g/mol. The molecule has 0 aliphatic carbocycles. The molecule has 4 rings (SSSR count). The third-order valence-corrected chi connectivity index (χ3v) is 8.80. The van der Waals surface area contributed by atoms with Gasteiger partial charge in [-0.3, -0.25) is 9.59 Å². The Kier molecular flexibility index (Phi) is 6.93. The van der Waals surface area contributed by atoms with E-state index in [0.29, 0.717) is 42.5 Å². The lowest BCUT2D eigenvalue weighted by Crippen LogP contribution is -2.43. The molecule has 9 heteroatoms. The molecular formula is C24H28BrN3O4S. The second-order valence-corrected chi connectivity index (χ2v) is 11.5. The molecule has 0 N–H and O–H groups in total. The van der Waals surface area contributed by atoms with Gasteiger partial charge in [-0.1, -0.05) is 46.3 Å². The van der Waals surface area contributed by atoms with E-state index in [2.05, 4.69) is 15.9 Å². The Morgan fingerprint density at radius 3 is 2.39 bits per heavy atom. The maximum atomic E-state index is 13.6. The van der Waals surface area contributed by atoms with Gasteiger partial charge in [0.1, 0.15) is 4.90 Å². The molecule has 1 fully saturated rings. The summed E-state index contributed by atoms with van der Waals surface area (Å²) in [6, 6.07) is 13.3. The van der Waals surface area contributed by atoms with Crippen LogP contribution < -0.4 is 4.90 Å². The first kappa shape index (κ1) is 23.9. The number of benzene rings is 2. The van der Waals surface area contributed by atoms with Gasteiger partial charge in [0.05, 0.1) is 5.69 Å². The van der Waals surface area contributed by atoms with Crippen LogP contribution >= 0.6 is 15.9 Å². The van der Waals surface area contributed by atoms with E-state index in [1.807, 2.05) is 36.4 Å². The Morgan fingerprint density at radius 1 is 1.09 bits per heavy atom. The summed E-state index contributed by atoms with van der Waals surface area (Å²) in [6.07, 6.45) is 1.58. The molecule has 0 aromatic heterocycles. The molecule has 2 amide bonds. The van der Waals surface area contributed by atoms with E-state index in [0.717, 1.165) is 11.1 Å². The van der Waals surface area contributed by atoms with E-state index in [4.69, 9.17) is 0 Å². The van der Waals surface area contributed by atoms with Crippen molar-refractivity contribution >= 4 is 43.5 Å². The summed E-state index contributed by atoms with van der Waals surface area (Å²) >= 11 is 3.42. The second-order valence-electron chi connectivity index (χ2n) is 8.69. The lowest BCUT2D eigenvalue weighted by atomic mass is 9.96. The van der Waals surface area contributed by atoms with Gasteiger partial charge in [-0.05, 0) is 42.5 Å². The number of nitrogens with zero attached hydrogens (tertiary/aromatic N) is 3. The van der Waals surface area contributed by atoms with Crippen molar-refractivity contribution in [3.8, 4) is 0 Å². The zero-order valence-electron chi connectivity index (χ0n) is 18.8. The van der Waals surface area contributed by atoms with Gasteiger partial charge < -0.3 is 9.80 Å². The van der Waals surface area contributed by atoms with Gasteiger partial charge in [-0.15, -0.1) is 0 Å². The number of anilines is 1. The number of amides is 2. The molecule has 33 heavy (non-hydrogen) atoms. The highest BCUT2D eigenvalue weighted by molar-refractivity contribution is 9.10. The molecule has 0 bridgehead atoms. The van der Waals surface area contributed by atoms with Gasteiger partial charge in [0.25, 0.3) is 0 Å². The fraction of sp³-hybridized carbons (Fsp3) is 0.417. The van der Waals surface area contributed by atoms with Crippen LogP contribution in [0.25, 0.3) is 0 Å². The molecule has 0 spiro atoms. The van der Waals surface area contributed by atoms with Crippen LogP contribution in [0.1, 0.15) is 30.9 Å². The fourth-order valence-corrected chi connectivity index (χ4v) is 7.10.